The molecule has 1 amide bonds. The van der Waals surface area contributed by atoms with Crippen molar-refractivity contribution >= 4 is 27.0 Å². The predicted molar refractivity (Wildman–Crippen MR) is 117 cm³/mol. The van der Waals surface area contributed by atoms with Crippen molar-refractivity contribution in [3.63, 3.8) is 0 Å². The number of carbonyl (C=O) groups excluding carboxylic acids is 1. The number of nitrogens with zero attached hydrogens (tertiary/aromatic N) is 3. The van der Waals surface area contributed by atoms with E-state index < -0.39 is 15.8 Å². The Balaban J connectivity index is 1.41. The lowest BCUT2D eigenvalue weighted by molar-refractivity contribution is -0.132. The van der Waals surface area contributed by atoms with E-state index in [2.05, 4.69) is 0 Å². The molecule has 2 aromatic rings. The number of benzene rings is 1. The number of oxazole rings is 1. The molecule has 0 atom stereocenters. The summed E-state index contributed by atoms with van der Waals surface area (Å²) in [5.74, 6) is 0.303. The highest BCUT2D eigenvalue weighted by atomic mass is 32.2. The molecule has 1 aromatic carbocycles. The molecule has 0 spiro atoms. The van der Waals surface area contributed by atoms with E-state index >= 15 is 0 Å². The first-order valence-corrected chi connectivity index (χ1v) is 12.6. The van der Waals surface area contributed by atoms with Gasteiger partial charge in [0.2, 0.25) is 15.9 Å². The van der Waals surface area contributed by atoms with Gasteiger partial charge < -0.3 is 9.32 Å². The summed E-state index contributed by atoms with van der Waals surface area (Å²) in [4.78, 5) is 26.5. The van der Waals surface area contributed by atoms with E-state index in [1.54, 1.807) is 11.0 Å². The highest BCUT2D eigenvalue weighted by Gasteiger charge is 2.31. The second kappa shape index (κ2) is 8.78. The van der Waals surface area contributed by atoms with Crippen LogP contribution in [0.25, 0.3) is 11.1 Å². The molecule has 1 saturated carbocycles. The molecule has 170 valence electrons. The SMILES string of the molecule is CC(C)n1c(=O)oc2cc(S(=O)(=O)N3CCN(C(=O)CCC4CCCC4)CC3)ccc21. The molecule has 9 heteroatoms. The third kappa shape index (κ3) is 4.43. The number of amides is 1. The van der Waals surface area contributed by atoms with Gasteiger partial charge in [-0.25, -0.2) is 13.2 Å². The molecule has 31 heavy (non-hydrogen) atoms. The van der Waals surface area contributed by atoms with Crippen LogP contribution in [0.1, 0.15) is 58.4 Å². The average Bonchev–Trinajstić information content (AvgIpc) is 3.38. The summed E-state index contributed by atoms with van der Waals surface area (Å²) >= 11 is 0. The van der Waals surface area contributed by atoms with Crippen LogP contribution in [-0.2, 0) is 14.8 Å². The summed E-state index contributed by atoms with van der Waals surface area (Å²) in [6, 6.07) is 4.47. The van der Waals surface area contributed by atoms with Crippen molar-refractivity contribution in [3.05, 3.63) is 28.7 Å². The molecule has 0 bridgehead atoms. The normalized spacial score (nSPS) is 19.0. The van der Waals surface area contributed by atoms with Crippen LogP contribution in [0, 0.1) is 5.92 Å². The second-order valence-corrected chi connectivity index (χ2v) is 10.9. The zero-order chi connectivity index (χ0) is 22.2. The maximum absolute atomic E-state index is 13.1. The molecule has 1 saturated heterocycles. The topological polar surface area (TPSA) is 92.8 Å². The molecule has 8 nitrogen and oxygen atoms in total. The summed E-state index contributed by atoms with van der Waals surface area (Å²) in [6.07, 6.45) is 6.49. The fourth-order valence-electron chi connectivity index (χ4n) is 4.78. The quantitative estimate of drug-likeness (QED) is 0.676. The third-order valence-electron chi connectivity index (χ3n) is 6.57. The lowest BCUT2D eigenvalue weighted by Crippen LogP contribution is -2.50. The predicted octanol–water partition coefficient (Wildman–Crippen LogP) is 2.98. The summed E-state index contributed by atoms with van der Waals surface area (Å²) < 4.78 is 34.4. The number of rotatable bonds is 6. The van der Waals surface area contributed by atoms with Gasteiger partial charge in [0.1, 0.15) is 0 Å². The molecule has 0 unspecified atom stereocenters. The van der Waals surface area contributed by atoms with E-state index in [0.717, 1.165) is 6.42 Å². The summed E-state index contributed by atoms with van der Waals surface area (Å²) in [6.45, 7) is 5.09. The lowest BCUT2D eigenvalue weighted by Gasteiger charge is -2.34. The lowest BCUT2D eigenvalue weighted by atomic mass is 10.0. The molecule has 1 aliphatic carbocycles. The van der Waals surface area contributed by atoms with Gasteiger partial charge in [-0.1, -0.05) is 25.7 Å². The molecule has 0 radical (unpaired) electrons. The number of piperazine rings is 1. The Hall–Kier alpha value is -2.13. The summed E-state index contributed by atoms with van der Waals surface area (Å²) in [5, 5.41) is 0. The zero-order valence-corrected chi connectivity index (χ0v) is 19.1. The third-order valence-corrected chi connectivity index (χ3v) is 8.47. The van der Waals surface area contributed by atoms with Gasteiger partial charge in [-0.2, -0.15) is 4.31 Å². The van der Waals surface area contributed by atoms with Crippen LogP contribution in [0.2, 0.25) is 0 Å². The van der Waals surface area contributed by atoms with Gasteiger partial charge in [0, 0.05) is 44.7 Å². The van der Waals surface area contributed by atoms with Crippen molar-refractivity contribution in [3.8, 4) is 0 Å². The van der Waals surface area contributed by atoms with E-state index in [1.807, 2.05) is 13.8 Å². The van der Waals surface area contributed by atoms with E-state index in [4.69, 9.17) is 4.42 Å². The van der Waals surface area contributed by atoms with Gasteiger partial charge in [-0.05, 0) is 38.3 Å². The van der Waals surface area contributed by atoms with Crippen LogP contribution in [0.3, 0.4) is 0 Å². The van der Waals surface area contributed by atoms with Crippen molar-refractivity contribution in [2.75, 3.05) is 26.2 Å². The Morgan fingerprint density at radius 3 is 2.45 bits per heavy atom. The Bertz CT molecular complexity index is 1100. The van der Waals surface area contributed by atoms with Crippen LogP contribution < -0.4 is 5.76 Å². The standard InChI is InChI=1S/C22H31N3O5S/c1-16(2)25-19-9-8-18(15-20(19)30-22(25)27)31(28,29)24-13-11-23(12-14-24)21(26)10-7-17-5-3-4-6-17/h8-9,15-17H,3-7,10-14H2,1-2H3. The number of fused-ring (bicyclic) bond motifs is 1. The van der Waals surface area contributed by atoms with Crippen molar-refractivity contribution in [1.29, 1.82) is 0 Å². The zero-order valence-electron chi connectivity index (χ0n) is 18.2. The number of carbonyl (C=O) groups is 1. The first kappa shape index (κ1) is 22.1. The van der Waals surface area contributed by atoms with E-state index in [1.165, 1.54) is 46.7 Å². The van der Waals surface area contributed by atoms with Crippen LogP contribution >= 0.6 is 0 Å². The van der Waals surface area contributed by atoms with E-state index in [9.17, 15) is 18.0 Å². The number of hydrogen-bond donors (Lipinski definition) is 0. The molecule has 2 fully saturated rings. The van der Waals surface area contributed by atoms with Crippen LogP contribution in [0.5, 0.6) is 0 Å². The highest BCUT2D eigenvalue weighted by molar-refractivity contribution is 7.89. The Kier molecular flexibility index (Phi) is 6.25. The molecule has 2 aliphatic rings. The van der Waals surface area contributed by atoms with Crippen molar-refractivity contribution in [2.45, 2.75) is 63.3 Å². The smallest absolute Gasteiger partial charge is 0.408 e. The number of sulfonamides is 1. The molecular weight excluding hydrogens is 418 g/mol. The number of aromatic nitrogens is 1. The van der Waals surface area contributed by atoms with Crippen molar-refractivity contribution in [1.82, 2.24) is 13.8 Å². The molecule has 1 aliphatic heterocycles. The molecular formula is C22H31N3O5S. The molecule has 0 N–H and O–H groups in total. The van der Waals surface area contributed by atoms with E-state index in [0.29, 0.717) is 30.9 Å². The second-order valence-electron chi connectivity index (χ2n) is 8.94. The minimum absolute atomic E-state index is 0.0875. The Morgan fingerprint density at radius 2 is 1.81 bits per heavy atom. The minimum atomic E-state index is -3.73. The average molecular weight is 450 g/mol. The largest absolute Gasteiger partial charge is 0.420 e. The van der Waals surface area contributed by atoms with Gasteiger partial charge in [0.25, 0.3) is 0 Å². The van der Waals surface area contributed by atoms with Crippen LogP contribution in [-0.4, -0.2) is 54.3 Å². The fourth-order valence-corrected chi connectivity index (χ4v) is 6.22. The van der Waals surface area contributed by atoms with Gasteiger partial charge in [0.05, 0.1) is 10.4 Å². The number of hydrogen-bond acceptors (Lipinski definition) is 5. The Morgan fingerprint density at radius 1 is 1.13 bits per heavy atom. The van der Waals surface area contributed by atoms with Gasteiger partial charge in [0.15, 0.2) is 5.58 Å². The van der Waals surface area contributed by atoms with Crippen molar-refractivity contribution in [2.24, 2.45) is 5.92 Å². The molecule has 1 aromatic heterocycles. The maximum Gasteiger partial charge on any atom is 0.420 e. The highest BCUT2D eigenvalue weighted by Crippen LogP contribution is 2.29. The maximum atomic E-state index is 13.1. The van der Waals surface area contributed by atoms with Gasteiger partial charge in [-0.15, -0.1) is 0 Å². The van der Waals surface area contributed by atoms with Crippen molar-refractivity contribution < 1.29 is 17.6 Å². The fraction of sp³-hybridized carbons (Fsp3) is 0.636. The first-order valence-electron chi connectivity index (χ1n) is 11.2. The molecule has 4 rings (SSSR count). The van der Waals surface area contributed by atoms with Gasteiger partial charge in [-0.3, -0.25) is 9.36 Å². The Labute approximate surface area is 182 Å². The first-order chi connectivity index (χ1) is 14.8. The van der Waals surface area contributed by atoms with Crippen LogP contribution in [0.4, 0.5) is 0 Å². The van der Waals surface area contributed by atoms with E-state index in [-0.39, 0.29) is 35.5 Å². The summed E-state index contributed by atoms with van der Waals surface area (Å²) in [7, 11) is -3.73. The monoisotopic (exact) mass is 449 g/mol. The molecule has 2 heterocycles. The van der Waals surface area contributed by atoms with Crippen LogP contribution in [0.15, 0.2) is 32.3 Å². The summed E-state index contributed by atoms with van der Waals surface area (Å²) in [5.41, 5.74) is 0.845. The minimum Gasteiger partial charge on any atom is -0.408 e. The van der Waals surface area contributed by atoms with Gasteiger partial charge >= 0.3 is 5.76 Å².